The fourth-order valence-electron chi connectivity index (χ4n) is 1.92. The average molecular weight is 315 g/mol. The summed E-state index contributed by atoms with van der Waals surface area (Å²) in [5, 5.41) is 0. The Morgan fingerprint density at radius 3 is 2.22 bits per heavy atom. The SMILES string of the molecule is CCOc1ccccc1OCCC(CC)C(C)Br. The first-order valence-electron chi connectivity index (χ1n) is 6.67. The molecule has 2 atom stereocenters. The molecule has 0 heterocycles. The summed E-state index contributed by atoms with van der Waals surface area (Å²) in [6.07, 6.45) is 2.23. The third kappa shape index (κ3) is 4.89. The molecule has 0 aliphatic rings. The fourth-order valence-corrected chi connectivity index (χ4v) is 2.56. The molecule has 0 aromatic heterocycles. The minimum Gasteiger partial charge on any atom is -0.490 e. The minimum absolute atomic E-state index is 0.535. The zero-order valence-corrected chi connectivity index (χ0v) is 13.1. The van der Waals surface area contributed by atoms with Crippen LogP contribution in [0.15, 0.2) is 24.3 Å². The third-order valence-corrected chi connectivity index (χ3v) is 3.82. The molecule has 1 aromatic carbocycles. The van der Waals surface area contributed by atoms with Gasteiger partial charge in [0.25, 0.3) is 0 Å². The van der Waals surface area contributed by atoms with Crippen LogP contribution in [0.3, 0.4) is 0 Å². The number of para-hydroxylation sites is 2. The number of hydrogen-bond acceptors (Lipinski definition) is 2. The van der Waals surface area contributed by atoms with Crippen LogP contribution in [0.5, 0.6) is 11.5 Å². The summed E-state index contributed by atoms with van der Waals surface area (Å²) in [5.74, 6) is 2.33. The number of halogens is 1. The Hall–Kier alpha value is -0.700. The molecular weight excluding hydrogens is 292 g/mol. The van der Waals surface area contributed by atoms with Gasteiger partial charge >= 0.3 is 0 Å². The molecule has 0 bridgehead atoms. The largest absolute Gasteiger partial charge is 0.490 e. The molecule has 0 spiro atoms. The molecule has 0 aliphatic carbocycles. The quantitative estimate of drug-likeness (QED) is 0.649. The highest BCUT2D eigenvalue weighted by Gasteiger charge is 2.13. The number of benzene rings is 1. The predicted octanol–water partition coefficient (Wildman–Crippen LogP) is 4.66. The minimum atomic E-state index is 0.535. The van der Waals surface area contributed by atoms with Crippen LogP contribution in [0, 0.1) is 5.92 Å². The molecule has 0 fully saturated rings. The van der Waals surface area contributed by atoms with E-state index < -0.39 is 0 Å². The lowest BCUT2D eigenvalue weighted by Gasteiger charge is -2.18. The van der Waals surface area contributed by atoms with E-state index in [0.29, 0.717) is 17.4 Å². The Balaban J connectivity index is 2.48. The summed E-state index contributed by atoms with van der Waals surface area (Å²) >= 11 is 3.65. The first kappa shape index (κ1) is 15.4. The molecular formula is C15H23BrO2. The van der Waals surface area contributed by atoms with Gasteiger partial charge in [0.05, 0.1) is 13.2 Å². The van der Waals surface area contributed by atoms with Gasteiger partial charge in [-0.25, -0.2) is 0 Å². The van der Waals surface area contributed by atoms with E-state index in [4.69, 9.17) is 9.47 Å². The number of ether oxygens (including phenoxy) is 2. The van der Waals surface area contributed by atoms with Gasteiger partial charge in [-0.1, -0.05) is 48.3 Å². The number of rotatable bonds is 8. The molecule has 0 saturated carbocycles. The van der Waals surface area contributed by atoms with Crippen LogP contribution in [0.2, 0.25) is 0 Å². The fraction of sp³-hybridized carbons (Fsp3) is 0.600. The maximum atomic E-state index is 5.83. The smallest absolute Gasteiger partial charge is 0.161 e. The maximum Gasteiger partial charge on any atom is 0.161 e. The van der Waals surface area contributed by atoms with Gasteiger partial charge in [0.2, 0.25) is 0 Å². The Morgan fingerprint density at radius 1 is 1.11 bits per heavy atom. The summed E-state index contributed by atoms with van der Waals surface area (Å²) < 4.78 is 11.4. The highest BCUT2D eigenvalue weighted by Crippen LogP contribution is 2.27. The number of hydrogen-bond donors (Lipinski definition) is 0. The van der Waals surface area contributed by atoms with E-state index >= 15 is 0 Å². The standard InChI is InChI=1S/C15H23BrO2/c1-4-13(12(3)16)10-11-18-15-9-7-6-8-14(15)17-5-2/h6-9,12-13H,4-5,10-11H2,1-3H3. The Morgan fingerprint density at radius 2 is 1.72 bits per heavy atom. The molecule has 0 amide bonds. The van der Waals surface area contributed by atoms with Crippen molar-refractivity contribution in [2.45, 2.75) is 38.4 Å². The van der Waals surface area contributed by atoms with Crippen LogP contribution < -0.4 is 9.47 Å². The van der Waals surface area contributed by atoms with Crippen LogP contribution in [-0.4, -0.2) is 18.0 Å². The third-order valence-electron chi connectivity index (χ3n) is 3.07. The van der Waals surface area contributed by atoms with Crippen LogP contribution in [-0.2, 0) is 0 Å². The first-order chi connectivity index (χ1) is 8.69. The average Bonchev–Trinajstić information content (AvgIpc) is 2.36. The molecule has 0 N–H and O–H groups in total. The topological polar surface area (TPSA) is 18.5 Å². The second-order valence-electron chi connectivity index (χ2n) is 4.36. The lowest BCUT2D eigenvalue weighted by atomic mass is 10.0. The Bertz CT molecular complexity index is 339. The van der Waals surface area contributed by atoms with Crippen LogP contribution in [0.25, 0.3) is 0 Å². The van der Waals surface area contributed by atoms with E-state index in [1.807, 2.05) is 31.2 Å². The van der Waals surface area contributed by atoms with Gasteiger partial charge in [-0.2, -0.15) is 0 Å². The summed E-state index contributed by atoms with van der Waals surface area (Å²) in [5.41, 5.74) is 0. The van der Waals surface area contributed by atoms with Gasteiger partial charge in [0.15, 0.2) is 11.5 Å². The molecule has 0 radical (unpaired) electrons. The monoisotopic (exact) mass is 314 g/mol. The van der Waals surface area contributed by atoms with Gasteiger partial charge < -0.3 is 9.47 Å². The van der Waals surface area contributed by atoms with Crippen molar-refractivity contribution in [2.24, 2.45) is 5.92 Å². The molecule has 2 nitrogen and oxygen atoms in total. The molecule has 2 unspecified atom stereocenters. The second kappa shape index (κ2) is 8.41. The van der Waals surface area contributed by atoms with Crippen molar-refractivity contribution < 1.29 is 9.47 Å². The Labute approximate surface area is 119 Å². The highest BCUT2D eigenvalue weighted by atomic mass is 79.9. The van der Waals surface area contributed by atoms with Crippen molar-refractivity contribution >= 4 is 15.9 Å². The molecule has 0 aliphatic heterocycles. The normalized spacial score (nSPS) is 14.0. The molecule has 18 heavy (non-hydrogen) atoms. The van der Waals surface area contributed by atoms with E-state index in [2.05, 4.69) is 29.8 Å². The summed E-state index contributed by atoms with van der Waals surface area (Å²) in [6, 6.07) is 7.85. The zero-order chi connectivity index (χ0) is 13.4. The summed E-state index contributed by atoms with van der Waals surface area (Å²) in [4.78, 5) is 0.535. The second-order valence-corrected chi connectivity index (χ2v) is 5.81. The van der Waals surface area contributed by atoms with Crippen molar-refractivity contribution in [3.63, 3.8) is 0 Å². The van der Waals surface area contributed by atoms with Crippen LogP contribution >= 0.6 is 15.9 Å². The van der Waals surface area contributed by atoms with Crippen LogP contribution in [0.1, 0.15) is 33.6 Å². The first-order valence-corrected chi connectivity index (χ1v) is 7.59. The maximum absolute atomic E-state index is 5.83. The lowest BCUT2D eigenvalue weighted by Crippen LogP contribution is -2.14. The molecule has 1 rings (SSSR count). The predicted molar refractivity (Wildman–Crippen MR) is 79.9 cm³/mol. The van der Waals surface area contributed by atoms with Crippen molar-refractivity contribution in [3.8, 4) is 11.5 Å². The molecule has 1 aromatic rings. The van der Waals surface area contributed by atoms with E-state index in [9.17, 15) is 0 Å². The number of alkyl halides is 1. The van der Waals surface area contributed by atoms with Gasteiger partial charge in [-0.05, 0) is 31.4 Å². The molecule has 102 valence electrons. The van der Waals surface area contributed by atoms with E-state index in [1.54, 1.807) is 0 Å². The van der Waals surface area contributed by atoms with Crippen molar-refractivity contribution in [1.82, 2.24) is 0 Å². The van der Waals surface area contributed by atoms with E-state index in [-0.39, 0.29) is 0 Å². The Kier molecular flexibility index (Phi) is 7.18. The van der Waals surface area contributed by atoms with Gasteiger partial charge in [-0.3, -0.25) is 0 Å². The molecule has 3 heteroatoms. The summed E-state index contributed by atoms with van der Waals surface area (Å²) in [6.45, 7) is 7.80. The van der Waals surface area contributed by atoms with Crippen molar-refractivity contribution in [2.75, 3.05) is 13.2 Å². The van der Waals surface area contributed by atoms with Gasteiger partial charge in [0.1, 0.15) is 0 Å². The van der Waals surface area contributed by atoms with E-state index in [0.717, 1.165) is 24.5 Å². The van der Waals surface area contributed by atoms with Gasteiger partial charge in [-0.15, -0.1) is 0 Å². The van der Waals surface area contributed by atoms with E-state index in [1.165, 1.54) is 6.42 Å². The highest BCUT2D eigenvalue weighted by molar-refractivity contribution is 9.09. The van der Waals surface area contributed by atoms with Gasteiger partial charge in [0, 0.05) is 4.83 Å². The summed E-state index contributed by atoms with van der Waals surface area (Å²) in [7, 11) is 0. The molecule has 0 saturated heterocycles. The lowest BCUT2D eigenvalue weighted by molar-refractivity contribution is 0.253. The van der Waals surface area contributed by atoms with Crippen LogP contribution in [0.4, 0.5) is 0 Å². The van der Waals surface area contributed by atoms with Crippen molar-refractivity contribution in [3.05, 3.63) is 24.3 Å². The zero-order valence-electron chi connectivity index (χ0n) is 11.5. The van der Waals surface area contributed by atoms with Crippen molar-refractivity contribution in [1.29, 1.82) is 0 Å².